The van der Waals surface area contributed by atoms with Gasteiger partial charge in [-0.2, -0.15) is 5.10 Å². The predicted molar refractivity (Wildman–Crippen MR) is 140 cm³/mol. The van der Waals surface area contributed by atoms with Gasteiger partial charge in [0.1, 0.15) is 16.4 Å². The smallest absolute Gasteiger partial charge is 0.343 e. The molecule has 194 valence electrons. The van der Waals surface area contributed by atoms with Crippen LogP contribution in [0, 0.1) is 13.8 Å². The van der Waals surface area contributed by atoms with Gasteiger partial charge in [0.15, 0.2) is 0 Å². The SMILES string of the molecule is Cc1cc(C)cc(S(=O)(=O)c2c(C(=O)N[C@H]3CCN(Cc4n[nH]c(=O)n4C)C3)[nH]c3ccc(Cl)cc23)c1. The molecule has 0 spiro atoms. The molecule has 4 aromatic rings. The topological polar surface area (TPSA) is 133 Å². The maximum absolute atomic E-state index is 13.9. The van der Waals surface area contributed by atoms with Gasteiger partial charge in [-0.25, -0.2) is 18.3 Å². The molecule has 0 radical (unpaired) electrons. The van der Waals surface area contributed by atoms with Crippen molar-refractivity contribution >= 4 is 38.2 Å². The summed E-state index contributed by atoms with van der Waals surface area (Å²) in [5, 5.41) is 10.2. The van der Waals surface area contributed by atoms with E-state index in [2.05, 4.69) is 25.4 Å². The molecule has 0 unspecified atom stereocenters. The number of sulfone groups is 1. The van der Waals surface area contributed by atoms with Crippen molar-refractivity contribution in [1.82, 2.24) is 30.0 Å². The van der Waals surface area contributed by atoms with E-state index in [1.165, 1.54) is 4.57 Å². The summed E-state index contributed by atoms with van der Waals surface area (Å²) < 4.78 is 29.2. The summed E-state index contributed by atoms with van der Waals surface area (Å²) in [5.41, 5.74) is 1.82. The lowest BCUT2D eigenvalue weighted by Gasteiger charge is -2.16. The predicted octanol–water partition coefficient (Wildman–Crippen LogP) is 2.70. The van der Waals surface area contributed by atoms with Crippen LogP contribution in [0.3, 0.4) is 0 Å². The van der Waals surface area contributed by atoms with Crippen LogP contribution in [0.1, 0.15) is 33.9 Å². The molecule has 37 heavy (non-hydrogen) atoms. The first-order valence-corrected chi connectivity index (χ1v) is 13.7. The number of hydrogen-bond donors (Lipinski definition) is 3. The minimum absolute atomic E-state index is 0.0235. The van der Waals surface area contributed by atoms with Crippen molar-refractivity contribution in [3.05, 3.63) is 74.6 Å². The summed E-state index contributed by atoms with van der Waals surface area (Å²) in [7, 11) is -2.40. The van der Waals surface area contributed by atoms with E-state index in [9.17, 15) is 18.0 Å². The van der Waals surface area contributed by atoms with Gasteiger partial charge in [-0.1, -0.05) is 17.7 Å². The van der Waals surface area contributed by atoms with Crippen LogP contribution in [0.2, 0.25) is 5.02 Å². The molecule has 0 saturated carbocycles. The molecule has 12 heteroatoms. The minimum Gasteiger partial charge on any atom is -0.349 e. The number of fused-ring (bicyclic) bond motifs is 1. The summed E-state index contributed by atoms with van der Waals surface area (Å²) in [6.07, 6.45) is 0.676. The molecular formula is C25H27ClN6O4S. The molecular weight excluding hydrogens is 516 g/mol. The number of nitrogens with zero attached hydrogens (tertiary/aromatic N) is 3. The molecule has 1 aliphatic rings. The number of rotatable bonds is 6. The molecule has 10 nitrogen and oxygen atoms in total. The van der Waals surface area contributed by atoms with Crippen molar-refractivity contribution in [2.45, 2.75) is 42.6 Å². The highest BCUT2D eigenvalue weighted by Crippen LogP contribution is 2.34. The first-order chi connectivity index (χ1) is 17.5. The Labute approximate surface area is 218 Å². The number of H-pyrrole nitrogens is 2. The van der Waals surface area contributed by atoms with Gasteiger partial charge in [0.05, 0.1) is 11.4 Å². The normalized spacial score (nSPS) is 16.5. The molecule has 0 aliphatic carbocycles. The lowest BCUT2D eigenvalue weighted by atomic mass is 10.2. The fourth-order valence-corrected chi connectivity index (χ4v) is 6.82. The number of aryl methyl sites for hydroxylation is 2. The van der Waals surface area contributed by atoms with Gasteiger partial charge >= 0.3 is 5.69 Å². The Kier molecular flexibility index (Phi) is 6.47. The summed E-state index contributed by atoms with van der Waals surface area (Å²) in [6, 6.07) is 9.77. The Morgan fingerprint density at radius 3 is 2.59 bits per heavy atom. The number of likely N-dealkylation sites (tertiary alicyclic amines) is 1. The second kappa shape index (κ2) is 9.47. The minimum atomic E-state index is -4.05. The third kappa shape index (κ3) is 4.81. The maximum Gasteiger partial charge on any atom is 0.343 e. The fraction of sp³-hybridized carbons (Fsp3) is 0.320. The summed E-state index contributed by atoms with van der Waals surface area (Å²) >= 11 is 6.22. The lowest BCUT2D eigenvalue weighted by Crippen LogP contribution is -2.37. The quantitative estimate of drug-likeness (QED) is 0.343. The van der Waals surface area contributed by atoms with Gasteiger partial charge in [0.25, 0.3) is 5.91 Å². The number of aromatic nitrogens is 4. The molecule has 1 fully saturated rings. The van der Waals surface area contributed by atoms with Gasteiger partial charge < -0.3 is 10.3 Å². The molecule has 0 bridgehead atoms. The van der Waals surface area contributed by atoms with E-state index in [1.54, 1.807) is 37.4 Å². The van der Waals surface area contributed by atoms with Crippen LogP contribution >= 0.6 is 11.6 Å². The molecule has 1 atom stereocenters. The highest BCUT2D eigenvalue weighted by atomic mass is 35.5. The van der Waals surface area contributed by atoms with Crippen LogP contribution in [0.5, 0.6) is 0 Å². The molecule has 1 saturated heterocycles. The van der Waals surface area contributed by atoms with E-state index < -0.39 is 15.7 Å². The van der Waals surface area contributed by atoms with Crippen molar-refractivity contribution in [3.8, 4) is 0 Å². The van der Waals surface area contributed by atoms with Crippen LogP contribution in [-0.4, -0.2) is 58.1 Å². The molecule has 2 aromatic carbocycles. The third-order valence-corrected chi connectivity index (χ3v) is 8.71. The number of carbonyl (C=O) groups is 1. The number of aromatic amines is 2. The van der Waals surface area contributed by atoms with Crippen molar-refractivity contribution in [2.75, 3.05) is 13.1 Å². The fourth-order valence-electron chi connectivity index (χ4n) is 4.86. The standard InChI is InChI=1S/C25H27ClN6O4S/c1-14-8-15(2)10-18(9-14)37(35,36)23-19-11-16(26)4-5-20(19)28-22(23)24(33)27-17-6-7-32(12-17)13-21-29-30-25(34)31(21)3/h4-5,8-11,17,28H,6-7,12-13H2,1-3H3,(H,27,33)(H,30,34)/t17-/m0/s1. The molecule has 3 heterocycles. The zero-order valence-corrected chi connectivity index (χ0v) is 22.2. The van der Waals surface area contributed by atoms with Crippen molar-refractivity contribution in [1.29, 1.82) is 0 Å². The van der Waals surface area contributed by atoms with Crippen LogP contribution in [0.25, 0.3) is 10.9 Å². The summed E-state index contributed by atoms with van der Waals surface area (Å²) in [6.45, 7) is 5.36. The summed E-state index contributed by atoms with van der Waals surface area (Å²) in [4.78, 5) is 30.3. The van der Waals surface area contributed by atoms with E-state index in [1.807, 2.05) is 19.9 Å². The zero-order chi connectivity index (χ0) is 26.5. The zero-order valence-electron chi connectivity index (χ0n) is 20.6. The van der Waals surface area contributed by atoms with Crippen LogP contribution in [0.15, 0.2) is 51.0 Å². The number of amides is 1. The van der Waals surface area contributed by atoms with Crippen LogP contribution < -0.4 is 11.0 Å². The molecule has 3 N–H and O–H groups in total. The molecule has 1 amide bonds. The number of hydrogen-bond acceptors (Lipinski definition) is 6. The molecule has 5 rings (SSSR count). The van der Waals surface area contributed by atoms with Gasteiger partial charge in [0.2, 0.25) is 9.84 Å². The van der Waals surface area contributed by atoms with Gasteiger partial charge in [-0.3, -0.25) is 14.3 Å². The maximum atomic E-state index is 13.9. The van der Waals surface area contributed by atoms with E-state index in [0.29, 0.717) is 47.8 Å². The Bertz CT molecular complexity index is 1670. The number of halogens is 1. The van der Waals surface area contributed by atoms with Crippen molar-refractivity contribution in [2.24, 2.45) is 7.05 Å². The Balaban J connectivity index is 1.46. The van der Waals surface area contributed by atoms with Crippen LogP contribution in [0.4, 0.5) is 0 Å². The first-order valence-electron chi connectivity index (χ1n) is 11.8. The average Bonchev–Trinajstić information content (AvgIpc) is 3.52. The first kappa shape index (κ1) is 25.2. The van der Waals surface area contributed by atoms with E-state index in [-0.39, 0.29) is 27.2 Å². The molecule has 2 aromatic heterocycles. The summed E-state index contributed by atoms with van der Waals surface area (Å²) in [5.74, 6) is 0.0978. The van der Waals surface area contributed by atoms with E-state index in [0.717, 1.165) is 11.1 Å². The average molecular weight is 543 g/mol. The monoisotopic (exact) mass is 542 g/mol. The Morgan fingerprint density at radius 1 is 1.19 bits per heavy atom. The highest BCUT2D eigenvalue weighted by molar-refractivity contribution is 7.91. The second-order valence-corrected chi connectivity index (χ2v) is 11.9. The van der Waals surface area contributed by atoms with Gasteiger partial charge in [0, 0.05) is 42.1 Å². The molecule has 1 aliphatic heterocycles. The van der Waals surface area contributed by atoms with Crippen molar-refractivity contribution < 1.29 is 13.2 Å². The Morgan fingerprint density at radius 2 is 1.92 bits per heavy atom. The number of nitrogens with one attached hydrogen (secondary N) is 3. The Hall–Kier alpha value is -3.41. The lowest BCUT2D eigenvalue weighted by molar-refractivity contribution is 0.0930. The van der Waals surface area contributed by atoms with Crippen molar-refractivity contribution in [3.63, 3.8) is 0 Å². The van der Waals surface area contributed by atoms with E-state index >= 15 is 0 Å². The van der Waals surface area contributed by atoms with E-state index in [4.69, 9.17) is 11.6 Å². The van der Waals surface area contributed by atoms with Gasteiger partial charge in [-0.15, -0.1) is 0 Å². The number of carbonyl (C=O) groups excluding carboxylic acids is 1. The van der Waals surface area contributed by atoms with Crippen LogP contribution in [-0.2, 0) is 23.4 Å². The highest BCUT2D eigenvalue weighted by Gasteiger charge is 2.32. The number of benzene rings is 2. The van der Waals surface area contributed by atoms with Gasteiger partial charge in [-0.05, 0) is 61.7 Å². The third-order valence-electron chi connectivity index (χ3n) is 6.66. The largest absolute Gasteiger partial charge is 0.349 e. The second-order valence-electron chi connectivity index (χ2n) is 9.54.